The summed E-state index contributed by atoms with van der Waals surface area (Å²) >= 11 is 2.28. The molecule has 0 heterocycles. The molecule has 0 spiro atoms. The van der Waals surface area contributed by atoms with E-state index < -0.39 is 0 Å². The average Bonchev–Trinajstić information content (AvgIpc) is 2.36. The van der Waals surface area contributed by atoms with Crippen molar-refractivity contribution in [3.8, 4) is 11.5 Å². The van der Waals surface area contributed by atoms with Crippen LogP contribution in [-0.2, 0) is 6.42 Å². The van der Waals surface area contributed by atoms with Crippen LogP contribution in [0.1, 0.15) is 11.1 Å². The van der Waals surface area contributed by atoms with Gasteiger partial charge >= 0.3 is 0 Å². The van der Waals surface area contributed by atoms with E-state index in [2.05, 4.69) is 47.7 Å². The summed E-state index contributed by atoms with van der Waals surface area (Å²) in [5.41, 5.74) is 7.93. The molecule has 0 unspecified atom stereocenters. The maximum Gasteiger partial charge on any atom is 0.140 e. The zero-order chi connectivity index (χ0) is 13.0. The Morgan fingerprint density at radius 3 is 2.61 bits per heavy atom. The molecule has 2 N–H and O–H groups in total. The number of nitrogens with two attached hydrogens (primary N) is 1. The Bertz CT molecular complexity index is 540. The zero-order valence-corrected chi connectivity index (χ0v) is 12.5. The Balaban J connectivity index is 2.28. The quantitative estimate of drug-likeness (QED) is 0.847. The summed E-state index contributed by atoms with van der Waals surface area (Å²) < 4.78 is 7.09. The van der Waals surface area contributed by atoms with Crippen LogP contribution in [0.4, 0.5) is 0 Å². The monoisotopic (exact) mass is 353 g/mol. The van der Waals surface area contributed by atoms with Crippen LogP contribution in [0.3, 0.4) is 0 Å². The second-order valence-electron chi connectivity index (χ2n) is 4.17. The predicted molar refractivity (Wildman–Crippen MR) is 83.2 cm³/mol. The summed E-state index contributed by atoms with van der Waals surface area (Å²) in [5, 5.41) is 0. The summed E-state index contributed by atoms with van der Waals surface area (Å²) in [6, 6.07) is 14.3. The largest absolute Gasteiger partial charge is 0.456 e. The highest BCUT2D eigenvalue weighted by molar-refractivity contribution is 14.1. The first kappa shape index (κ1) is 13.4. The van der Waals surface area contributed by atoms with Gasteiger partial charge in [-0.1, -0.05) is 24.3 Å². The normalized spacial score (nSPS) is 10.4. The van der Waals surface area contributed by atoms with Crippen molar-refractivity contribution in [2.24, 2.45) is 5.73 Å². The maximum atomic E-state index is 5.98. The van der Waals surface area contributed by atoms with E-state index in [0.717, 1.165) is 27.1 Å². The summed E-state index contributed by atoms with van der Waals surface area (Å²) in [4.78, 5) is 0. The predicted octanol–water partition coefficient (Wildman–Crippen LogP) is 3.89. The second kappa shape index (κ2) is 6.20. The van der Waals surface area contributed by atoms with Crippen LogP contribution in [-0.4, -0.2) is 6.54 Å². The van der Waals surface area contributed by atoms with Gasteiger partial charge in [0.1, 0.15) is 11.5 Å². The minimum atomic E-state index is 0.658. The van der Waals surface area contributed by atoms with Gasteiger partial charge in [-0.2, -0.15) is 0 Å². The van der Waals surface area contributed by atoms with Gasteiger partial charge in [0.2, 0.25) is 0 Å². The van der Waals surface area contributed by atoms with Crippen LogP contribution in [0.2, 0.25) is 0 Å². The minimum absolute atomic E-state index is 0.658. The molecule has 94 valence electrons. The van der Waals surface area contributed by atoms with Gasteiger partial charge in [-0.3, -0.25) is 0 Å². The van der Waals surface area contributed by atoms with Crippen molar-refractivity contribution in [3.05, 3.63) is 57.2 Å². The lowest BCUT2D eigenvalue weighted by atomic mass is 10.1. The van der Waals surface area contributed by atoms with Crippen LogP contribution in [0.25, 0.3) is 0 Å². The van der Waals surface area contributed by atoms with E-state index in [9.17, 15) is 0 Å². The number of rotatable bonds is 4. The van der Waals surface area contributed by atoms with Gasteiger partial charge in [0, 0.05) is 0 Å². The van der Waals surface area contributed by atoms with Gasteiger partial charge in [0.05, 0.1) is 3.57 Å². The lowest BCUT2D eigenvalue weighted by Gasteiger charge is -2.11. The number of hydrogen-bond donors (Lipinski definition) is 1. The fourth-order valence-corrected chi connectivity index (χ4v) is 2.22. The zero-order valence-electron chi connectivity index (χ0n) is 10.3. The van der Waals surface area contributed by atoms with Gasteiger partial charge in [-0.05, 0) is 71.8 Å². The van der Waals surface area contributed by atoms with Crippen molar-refractivity contribution < 1.29 is 4.74 Å². The van der Waals surface area contributed by atoms with Crippen molar-refractivity contribution >= 4 is 22.6 Å². The molecule has 0 saturated heterocycles. The van der Waals surface area contributed by atoms with Gasteiger partial charge in [-0.25, -0.2) is 0 Å². The summed E-state index contributed by atoms with van der Waals surface area (Å²) in [5.74, 6) is 1.80. The Morgan fingerprint density at radius 2 is 1.89 bits per heavy atom. The maximum absolute atomic E-state index is 5.98. The van der Waals surface area contributed by atoms with E-state index in [4.69, 9.17) is 10.5 Å². The number of hydrogen-bond acceptors (Lipinski definition) is 2. The molecule has 0 aliphatic heterocycles. The van der Waals surface area contributed by atoms with Crippen molar-refractivity contribution in [1.29, 1.82) is 0 Å². The van der Waals surface area contributed by atoms with E-state index >= 15 is 0 Å². The highest BCUT2D eigenvalue weighted by atomic mass is 127. The highest BCUT2D eigenvalue weighted by Crippen LogP contribution is 2.29. The van der Waals surface area contributed by atoms with E-state index in [1.165, 1.54) is 5.56 Å². The molecule has 2 aromatic carbocycles. The van der Waals surface area contributed by atoms with Crippen molar-refractivity contribution in [3.63, 3.8) is 0 Å². The molecule has 0 fully saturated rings. The van der Waals surface area contributed by atoms with Crippen molar-refractivity contribution in [2.45, 2.75) is 13.3 Å². The van der Waals surface area contributed by atoms with E-state index in [1.807, 2.05) is 24.3 Å². The minimum Gasteiger partial charge on any atom is -0.456 e. The van der Waals surface area contributed by atoms with E-state index in [-0.39, 0.29) is 0 Å². The molecule has 0 aliphatic carbocycles. The van der Waals surface area contributed by atoms with Crippen LogP contribution < -0.4 is 10.5 Å². The molecule has 0 atom stereocenters. The third-order valence-electron chi connectivity index (χ3n) is 2.74. The fourth-order valence-electron chi connectivity index (χ4n) is 1.72. The fraction of sp³-hybridized carbons (Fsp3) is 0.200. The average molecular weight is 353 g/mol. The van der Waals surface area contributed by atoms with Crippen LogP contribution in [0, 0.1) is 10.5 Å². The molecular weight excluding hydrogens is 337 g/mol. The lowest BCUT2D eigenvalue weighted by molar-refractivity contribution is 0.475. The molecule has 3 heteroatoms. The Hall–Kier alpha value is -1.07. The molecule has 2 rings (SSSR count). The molecule has 18 heavy (non-hydrogen) atoms. The van der Waals surface area contributed by atoms with E-state index in [1.54, 1.807) is 0 Å². The molecule has 0 amide bonds. The first-order valence-electron chi connectivity index (χ1n) is 5.92. The summed E-state index contributed by atoms with van der Waals surface area (Å²) in [7, 11) is 0. The molecule has 2 nitrogen and oxygen atoms in total. The van der Waals surface area contributed by atoms with Gasteiger partial charge in [0.15, 0.2) is 0 Å². The molecule has 0 aliphatic rings. The third-order valence-corrected chi connectivity index (χ3v) is 3.63. The summed E-state index contributed by atoms with van der Waals surface area (Å²) in [6.07, 6.45) is 0.878. The standard InChI is InChI=1S/C15H16INO/c1-11-6-7-12(8-9-17)10-15(11)18-14-5-3-2-4-13(14)16/h2-7,10H,8-9,17H2,1H3. The Morgan fingerprint density at radius 1 is 1.11 bits per heavy atom. The second-order valence-corrected chi connectivity index (χ2v) is 5.33. The Kier molecular flexibility index (Phi) is 4.60. The van der Waals surface area contributed by atoms with Gasteiger partial charge < -0.3 is 10.5 Å². The molecule has 0 bridgehead atoms. The summed E-state index contributed by atoms with van der Waals surface area (Å²) in [6.45, 7) is 2.71. The topological polar surface area (TPSA) is 35.2 Å². The highest BCUT2D eigenvalue weighted by Gasteiger charge is 2.05. The van der Waals surface area contributed by atoms with Crippen molar-refractivity contribution in [1.82, 2.24) is 0 Å². The number of ether oxygens (including phenoxy) is 1. The van der Waals surface area contributed by atoms with Crippen LogP contribution >= 0.6 is 22.6 Å². The molecule has 0 radical (unpaired) electrons. The van der Waals surface area contributed by atoms with E-state index in [0.29, 0.717) is 6.54 Å². The lowest BCUT2D eigenvalue weighted by Crippen LogP contribution is -2.03. The van der Waals surface area contributed by atoms with Gasteiger partial charge in [0.25, 0.3) is 0 Å². The van der Waals surface area contributed by atoms with Gasteiger partial charge in [-0.15, -0.1) is 0 Å². The number of halogens is 1. The molecular formula is C15H16INO. The smallest absolute Gasteiger partial charge is 0.140 e. The Labute approximate surface area is 121 Å². The first-order chi connectivity index (χ1) is 8.70. The SMILES string of the molecule is Cc1ccc(CCN)cc1Oc1ccccc1I. The number of benzene rings is 2. The number of para-hydroxylation sites is 1. The van der Waals surface area contributed by atoms with Crippen molar-refractivity contribution in [2.75, 3.05) is 6.54 Å². The molecule has 0 aromatic heterocycles. The third kappa shape index (κ3) is 3.23. The van der Waals surface area contributed by atoms with Crippen LogP contribution in [0.15, 0.2) is 42.5 Å². The number of aryl methyl sites for hydroxylation is 1. The molecule has 0 saturated carbocycles. The van der Waals surface area contributed by atoms with Crippen LogP contribution in [0.5, 0.6) is 11.5 Å². The first-order valence-corrected chi connectivity index (χ1v) is 7.00. The molecule has 2 aromatic rings.